The van der Waals surface area contributed by atoms with Crippen LogP contribution in [0, 0.1) is 0 Å². The van der Waals surface area contributed by atoms with Gasteiger partial charge in [-0.3, -0.25) is 9.59 Å². The molecule has 2 N–H and O–H groups in total. The van der Waals surface area contributed by atoms with Gasteiger partial charge in [0.05, 0.1) is 0 Å². The summed E-state index contributed by atoms with van der Waals surface area (Å²) in [5.74, 6) is -0.664. The molecule has 6 heteroatoms. The van der Waals surface area contributed by atoms with Gasteiger partial charge in [-0.25, -0.2) is 0 Å². The van der Waals surface area contributed by atoms with Crippen molar-refractivity contribution in [2.75, 3.05) is 19.6 Å². The van der Waals surface area contributed by atoms with Crippen LogP contribution in [0.5, 0.6) is 0 Å². The van der Waals surface area contributed by atoms with Crippen LogP contribution in [0.15, 0.2) is 0 Å². The lowest BCUT2D eigenvalue weighted by molar-refractivity contribution is -0.142. The molecule has 1 heterocycles. The second-order valence-electron chi connectivity index (χ2n) is 4.60. The third kappa shape index (κ3) is 9.18. The van der Waals surface area contributed by atoms with E-state index in [1.807, 2.05) is 6.92 Å². The van der Waals surface area contributed by atoms with E-state index in [9.17, 15) is 14.4 Å². The van der Waals surface area contributed by atoms with Crippen molar-refractivity contribution in [1.82, 2.24) is 10.2 Å². The van der Waals surface area contributed by atoms with Gasteiger partial charge in [0.2, 0.25) is 6.41 Å². The molecule has 1 aliphatic rings. The van der Waals surface area contributed by atoms with E-state index in [2.05, 4.69) is 5.32 Å². The molecule has 0 aromatic carbocycles. The van der Waals surface area contributed by atoms with Crippen molar-refractivity contribution in [3.63, 3.8) is 0 Å². The molecule has 0 unspecified atom stereocenters. The van der Waals surface area contributed by atoms with E-state index in [1.165, 1.54) is 4.90 Å². The molecule has 1 amide bonds. The topological polar surface area (TPSA) is 86.7 Å². The Bertz CT molecular complexity index is 288. The number of ketones is 1. The third-order valence-electron chi connectivity index (χ3n) is 2.83. The smallest absolute Gasteiger partial charge is 0.323 e. The van der Waals surface area contributed by atoms with Gasteiger partial charge >= 0.3 is 5.97 Å². The summed E-state index contributed by atoms with van der Waals surface area (Å²) in [6, 6.07) is 0.0925. The van der Waals surface area contributed by atoms with E-state index >= 15 is 0 Å². The monoisotopic (exact) mass is 272 g/mol. The number of nitrogens with one attached hydrogen (secondary N) is 1. The number of rotatable bonds is 6. The lowest BCUT2D eigenvalue weighted by atomic mass is 10.1. The number of hydrogen-bond acceptors (Lipinski definition) is 4. The average molecular weight is 272 g/mol. The van der Waals surface area contributed by atoms with Gasteiger partial charge in [-0.05, 0) is 39.3 Å². The molecule has 110 valence electrons. The summed E-state index contributed by atoms with van der Waals surface area (Å²) in [6.45, 7) is 5.14. The van der Waals surface area contributed by atoms with Gasteiger partial charge < -0.3 is 20.1 Å². The molecule has 0 aromatic heterocycles. The summed E-state index contributed by atoms with van der Waals surface area (Å²) < 4.78 is 0. The van der Waals surface area contributed by atoms with Crippen molar-refractivity contribution in [2.45, 2.75) is 45.6 Å². The zero-order chi connectivity index (χ0) is 14.7. The zero-order valence-electron chi connectivity index (χ0n) is 11.7. The van der Waals surface area contributed by atoms with Gasteiger partial charge in [0.15, 0.2) is 0 Å². The largest absolute Gasteiger partial charge is 0.480 e. The molecule has 0 radical (unpaired) electrons. The van der Waals surface area contributed by atoms with Gasteiger partial charge in [0.1, 0.15) is 12.3 Å². The van der Waals surface area contributed by atoms with Crippen LogP contribution >= 0.6 is 0 Å². The molecule has 19 heavy (non-hydrogen) atoms. The molecule has 0 aliphatic carbocycles. The lowest BCUT2D eigenvalue weighted by Crippen LogP contribution is -2.44. The summed E-state index contributed by atoms with van der Waals surface area (Å²) >= 11 is 0. The number of aliphatic carboxylic acids is 1. The van der Waals surface area contributed by atoms with Crippen molar-refractivity contribution in [3.8, 4) is 0 Å². The van der Waals surface area contributed by atoms with E-state index in [1.54, 1.807) is 6.92 Å². The first-order valence-electron chi connectivity index (χ1n) is 6.64. The van der Waals surface area contributed by atoms with Crippen LogP contribution in [0.1, 0.15) is 39.5 Å². The number of hydrogen-bond donors (Lipinski definition) is 2. The fourth-order valence-corrected chi connectivity index (χ4v) is 1.90. The Labute approximate surface area is 114 Å². The Kier molecular flexibility index (Phi) is 9.70. The quantitative estimate of drug-likeness (QED) is 0.694. The molecular formula is C13H24N2O4. The van der Waals surface area contributed by atoms with Crippen molar-refractivity contribution in [1.29, 1.82) is 0 Å². The van der Waals surface area contributed by atoms with E-state index in [0.717, 1.165) is 38.8 Å². The van der Waals surface area contributed by atoms with Crippen molar-refractivity contribution in [3.05, 3.63) is 0 Å². The number of Topliss-reactive ketones (excluding diaryl/α,β-unsaturated/α-hetero) is 1. The maximum absolute atomic E-state index is 10.6. The molecule has 1 fully saturated rings. The molecule has 0 aromatic rings. The van der Waals surface area contributed by atoms with Crippen LogP contribution in [-0.4, -0.2) is 53.8 Å². The maximum atomic E-state index is 10.6. The fourth-order valence-electron chi connectivity index (χ4n) is 1.90. The van der Waals surface area contributed by atoms with Gasteiger partial charge in [-0.15, -0.1) is 0 Å². The first-order valence-corrected chi connectivity index (χ1v) is 6.64. The molecule has 0 atom stereocenters. The number of nitrogens with zero attached hydrogens (tertiary/aromatic N) is 1. The van der Waals surface area contributed by atoms with Gasteiger partial charge in [-0.2, -0.15) is 0 Å². The second kappa shape index (κ2) is 10.5. The highest BCUT2D eigenvalue weighted by atomic mass is 16.4. The van der Waals surface area contributed by atoms with Crippen LogP contribution in [-0.2, 0) is 14.4 Å². The number of carbonyl (C=O) groups is 3. The fraction of sp³-hybridized carbons (Fsp3) is 0.769. The third-order valence-corrected chi connectivity index (χ3v) is 2.83. The normalized spacial score (nSPS) is 15.1. The lowest BCUT2D eigenvalue weighted by Gasteiger charge is -2.30. The summed E-state index contributed by atoms with van der Waals surface area (Å²) in [4.78, 5) is 32.4. The number of piperidine rings is 1. The Morgan fingerprint density at radius 3 is 2.26 bits per heavy atom. The Hall–Kier alpha value is -1.43. The molecular weight excluding hydrogens is 248 g/mol. The first-order chi connectivity index (χ1) is 9.01. The Balaban J connectivity index is 0.000000459. The number of carboxylic acid groups (broad SMARTS) is 1. The van der Waals surface area contributed by atoms with Crippen molar-refractivity contribution >= 4 is 18.2 Å². The summed E-state index contributed by atoms with van der Waals surface area (Å²) in [7, 11) is 0. The van der Waals surface area contributed by atoms with Crippen molar-refractivity contribution in [2.24, 2.45) is 0 Å². The van der Waals surface area contributed by atoms with Gasteiger partial charge in [0.25, 0.3) is 0 Å². The van der Waals surface area contributed by atoms with Crippen LogP contribution in [0.3, 0.4) is 0 Å². The van der Waals surface area contributed by atoms with E-state index in [-0.39, 0.29) is 18.4 Å². The highest BCUT2D eigenvalue weighted by Crippen LogP contribution is 2.09. The van der Waals surface area contributed by atoms with Crippen LogP contribution in [0.25, 0.3) is 0 Å². The molecule has 1 rings (SSSR count). The second-order valence-corrected chi connectivity index (χ2v) is 4.60. The van der Waals surface area contributed by atoms with E-state index in [0.29, 0.717) is 6.41 Å². The molecule has 1 aliphatic heterocycles. The summed E-state index contributed by atoms with van der Waals surface area (Å²) in [5, 5.41) is 11.7. The van der Waals surface area contributed by atoms with E-state index < -0.39 is 5.97 Å². The van der Waals surface area contributed by atoms with Crippen LogP contribution < -0.4 is 5.32 Å². The Morgan fingerprint density at radius 2 is 1.95 bits per heavy atom. The highest BCUT2D eigenvalue weighted by Gasteiger charge is 2.20. The Morgan fingerprint density at radius 1 is 1.37 bits per heavy atom. The summed E-state index contributed by atoms with van der Waals surface area (Å²) in [5.41, 5.74) is 0. The van der Waals surface area contributed by atoms with Gasteiger partial charge in [-0.1, -0.05) is 6.92 Å². The van der Waals surface area contributed by atoms with Gasteiger partial charge in [0, 0.05) is 12.5 Å². The predicted molar refractivity (Wildman–Crippen MR) is 71.9 cm³/mol. The minimum Gasteiger partial charge on any atom is -0.480 e. The number of amides is 1. The molecule has 6 nitrogen and oxygen atoms in total. The zero-order valence-corrected chi connectivity index (χ0v) is 11.7. The highest BCUT2D eigenvalue weighted by molar-refractivity contribution is 5.75. The minimum atomic E-state index is -0.953. The first kappa shape index (κ1) is 17.6. The number of carbonyl (C=O) groups excluding carboxylic acids is 2. The molecule has 0 saturated carbocycles. The molecule has 1 saturated heterocycles. The van der Waals surface area contributed by atoms with Crippen LogP contribution in [0.4, 0.5) is 0 Å². The number of carboxylic acids is 1. The summed E-state index contributed by atoms with van der Waals surface area (Å²) in [6.07, 6.45) is 4.03. The standard InChI is InChI=1S/C8H14N2O3.C5H10O/c11-6-10(5-8(12)13)7-1-3-9-4-2-7;1-3-4-5(2)6/h6-7,9H,1-5H2,(H,12,13);3-4H2,1-2H3. The van der Waals surface area contributed by atoms with Crippen LogP contribution in [0.2, 0.25) is 0 Å². The maximum Gasteiger partial charge on any atom is 0.323 e. The van der Waals surface area contributed by atoms with E-state index in [4.69, 9.17) is 5.11 Å². The molecule has 0 bridgehead atoms. The van der Waals surface area contributed by atoms with Crippen molar-refractivity contribution < 1.29 is 19.5 Å². The predicted octanol–water partition coefficient (Wildman–Crippen LogP) is 0.657. The average Bonchev–Trinajstić information content (AvgIpc) is 2.37. The minimum absolute atomic E-state index is 0.0925. The SMILES string of the molecule is CCCC(C)=O.O=CN(CC(=O)O)C1CCNCC1. The molecule has 0 spiro atoms.